The maximum absolute atomic E-state index is 12.5. The van der Waals surface area contributed by atoms with Gasteiger partial charge in [-0.25, -0.2) is 9.59 Å². The number of hydrogen-bond acceptors (Lipinski definition) is 3. The number of benzene rings is 1. The van der Waals surface area contributed by atoms with Crippen molar-refractivity contribution in [3.63, 3.8) is 0 Å². The number of ether oxygens (including phenoxy) is 1. The molecule has 0 fully saturated rings. The van der Waals surface area contributed by atoms with E-state index in [-0.39, 0.29) is 24.2 Å². The summed E-state index contributed by atoms with van der Waals surface area (Å²) in [6, 6.07) is 4.08. The van der Waals surface area contributed by atoms with Gasteiger partial charge in [0, 0.05) is 17.6 Å². The Bertz CT molecular complexity index is 628. The average Bonchev–Trinajstić information content (AvgIpc) is 2.45. The number of carbonyl (C=O) groups excluding carboxylic acids is 1. The highest BCUT2D eigenvalue weighted by atomic mass is 19.4. The van der Waals surface area contributed by atoms with Crippen molar-refractivity contribution >= 4 is 18.0 Å². The maximum Gasteiger partial charge on any atom is 0.416 e. The number of carboxylic acid groups (broad SMARTS) is 1. The molecular weight excluding hydrogens is 313 g/mol. The summed E-state index contributed by atoms with van der Waals surface area (Å²) in [5.41, 5.74) is -0.406. The Morgan fingerprint density at radius 2 is 1.83 bits per heavy atom. The van der Waals surface area contributed by atoms with E-state index >= 15 is 0 Å². The fourth-order valence-electron chi connectivity index (χ4n) is 1.59. The Balaban J connectivity index is 2.81. The average molecular weight is 328 g/mol. The zero-order chi connectivity index (χ0) is 17.6. The quantitative estimate of drug-likeness (QED) is 0.639. The number of esters is 1. The Kier molecular flexibility index (Phi) is 6.12. The lowest BCUT2D eigenvalue weighted by atomic mass is 10.1. The lowest BCUT2D eigenvalue weighted by Crippen LogP contribution is -2.10. The van der Waals surface area contributed by atoms with Gasteiger partial charge in [-0.3, -0.25) is 0 Å². The van der Waals surface area contributed by atoms with E-state index in [9.17, 15) is 22.8 Å². The van der Waals surface area contributed by atoms with Gasteiger partial charge < -0.3 is 9.84 Å². The van der Waals surface area contributed by atoms with Gasteiger partial charge in [0.1, 0.15) is 0 Å². The number of carbonyl (C=O) groups is 2. The van der Waals surface area contributed by atoms with Gasteiger partial charge in [-0.2, -0.15) is 13.2 Å². The molecule has 0 bridgehead atoms. The number of alkyl halides is 3. The molecule has 1 N–H and O–H groups in total. The Hall–Kier alpha value is -2.57. The first-order valence-corrected chi connectivity index (χ1v) is 6.55. The third-order valence-corrected chi connectivity index (χ3v) is 2.81. The van der Waals surface area contributed by atoms with E-state index in [1.165, 1.54) is 25.1 Å². The molecule has 0 radical (unpaired) electrons. The Morgan fingerprint density at radius 1 is 1.26 bits per heavy atom. The van der Waals surface area contributed by atoms with Gasteiger partial charge in [0.2, 0.25) is 0 Å². The Labute approximate surface area is 130 Å². The molecule has 0 unspecified atom stereocenters. The number of halogens is 3. The molecule has 0 saturated heterocycles. The Morgan fingerprint density at radius 3 is 2.26 bits per heavy atom. The van der Waals surface area contributed by atoms with Gasteiger partial charge in [0.05, 0.1) is 12.2 Å². The molecule has 0 aliphatic carbocycles. The minimum absolute atomic E-state index is 0.0740. The van der Waals surface area contributed by atoms with Crippen LogP contribution < -0.4 is 0 Å². The van der Waals surface area contributed by atoms with Crippen molar-refractivity contribution in [2.75, 3.05) is 6.61 Å². The first-order chi connectivity index (χ1) is 10.6. The fraction of sp³-hybridized carbons (Fsp3) is 0.250. The molecule has 1 aromatic carbocycles. The molecule has 0 amide bonds. The third kappa shape index (κ3) is 5.98. The summed E-state index contributed by atoms with van der Waals surface area (Å²) < 4.78 is 42.2. The maximum atomic E-state index is 12.5. The summed E-state index contributed by atoms with van der Waals surface area (Å²) in [7, 11) is 0. The van der Waals surface area contributed by atoms with Gasteiger partial charge in [-0.05, 0) is 30.7 Å². The van der Waals surface area contributed by atoms with Crippen LogP contribution in [0.3, 0.4) is 0 Å². The van der Waals surface area contributed by atoms with Crippen LogP contribution in [-0.4, -0.2) is 23.7 Å². The summed E-state index contributed by atoms with van der Waals surface area (Å²) in [5.74, 6) is -1.87. The monoisotopic (exact) mass is 328 g/mol. The van der Waals surface area contributed by atoms with Crippen molar-refractivity contribution in [1.82, 2.24) is 0 Å². The SMILES string of the molecule is C=C(C)C(=O)OCCC(=Cc1ccc(C(F)(F)F)cc1)C(=O)O. The number of aliphatic carboxylic acids is 1. The molecule has 124 valence electrons. The van der Waals surface area contributed by atoms with Crippen molar-refractivity contribution < 1.29 is 32.6 Å². The number of carboxylic acids is 1. The van der Waals surface area contributed by atoms with E-state index in [4.69, 9.17) is 9.84 Å². The third-order valence-electron chi connectivity index (χ3n) is 2.81. The molecule has 1 aromatic rings. The molecule has 0 heterocycles. The van der Waals surface area contributed by atoms with Crippen LogP contribution in [0.1, 0.15) is 24.5 Å². The zero-order valence-electron chi connectivity index (χ0n) is 12.3. The van der Waals surface area contributed by atoms with Crippen LogP contribution in [0.15, 0.2) is 42.0 Å². The number of rotatable bonds is 6. The molecule has 0 aliphatic rings. The normalized spacial score (nSPS) is 11.9. The van der Waals surface area contributed by atoms with Crippen molar-refractivity contribution in [2.24, 2.45) is 0 Å². The minimum atomic E-state index is -4.45. The highest BCUT2D eigenvalue weighted by Gasteiger charge is 2.29. The number of hydrogen-bond donors (Lipinski definition) is 1. The summed E-state index contributed by atoms with van der Waals surface area (Å²) in [6.45, 7) is 4.68. The minimum Gasteiger partial charge on any atom is -0.478 e. The van der Waals surface area contributed by atoms with Crippen LogP contribution in [-0.2, 0) is 20.5 Å². The molecule has 23 heavy (non-hydrogen) atoms. The molecule has 4 nitrogen and oxygen atoms in total. The molecular formula is C16H15F3O4. The van der Waals surface area contributed by atoms with Gasteiger partial charge in [0.15, 0.2) is 0 Å². The van der Waals surface area contributed by atoms with Gasteiger partial charge in [-0.1, -0.05) is 18.7 Å². The van der Waals surface area contributed by atoms with E-state index < -0.39 is 23.7 Å². The fourth-order valence-corrected chi connectivity index (χ4v) is 1.59. The second-order valence-corrected chi connectivity index (χ2v) is 4.76. The zero-order valence-corrected chi connectivity index (χ0v) is 12.3. The van der Waals surface area contributed by atoms with Gasteiger partial charge >= 0.3 is 18.1 Å². The van der Waals surface area contributed by atoms with E-state index in [1.807, 2.05) is 0 Å². The molecule has 1 rings (SSSR count). The largest absolute Gasteiger partial charge is 0.478 e. The van der Waals surface area contributed by atoms with Crippen LogP contribution in [0.2, 0.25) is 0 Å². The predicted octanol–water partition coefficient (Wildman–Crippen LogP) is 3.68. The van der Waals surface area contributed by atoms with Crippen LogP contribution in [0.5, 0.6) is 0 Å². The second-order valence-electron chi connectivity index (χ2n) is 4.76. The van der Waals surface area contributed by atoms with E-state index in [1.54, 1.807) is 0 Å². The summed E-state index contributed by atoms with van der Waals surface area (Å²) in [6.07, 6.45) is -3.29. The first-order valence-electron chi connectivity index (χ1n) is 6.55. The van der Waals surface area contributed by atoms with E-state index in [0.717, 1.165) is 12.1 Å². The standard InChI is InChI=1S/C16H15F3O4/c1-10(2)15(22)23-8-7-12(14(20)21)9-11-3-5-13(6-4-11)16(17,18)19/h3-6,9H,1,7-8H2,2H3,(H,20,21). The molecule has 7 heteroatoms. The van der Waals surface area contributed by atoms with E-state index in [2.05, 4.69) is 6.58 Å². The second kappa shape index (κ2) is 7.62. The van der Waals surface area contributed by atoms with Gasteiger partial charge in [0.25, 0.3) is 0 Å². The highest BCUT2D eigenvalue weighted by Crippen LogP contribution is 2.29. The molecule has 0 aromatic heterocycles. The van der Waals surface area contributed by atoms with Crippen molar-refractivity contribution in [2.45, 2.75) is 19.5 Å². The van der Waals surface area contributed by atoms with Crippen LogP contribution in [0.4, 0.5) is 13.2 Å². The highest BCUT2D eigenvalue weighted by molar-refractivity contribution is 5.92. The topological polar surface area (TPSA) is 63.6 Å². The van der Waals surface area contributed by atoms with Crippen LogP contribution >= 0.6 is 0 Å². The lowest BCUT2D eigenvalue weighted by Gasteiger charge is -2.07. The summed E-state index contributed by atoms with van der Waals surface area (Å²) in [5, 5.41) is 9.09. The molecule has 0 atom stereocenters. The first kappa shape index (κ1) is 18.5. The molecule has 0 spiro atoms. The summed E-state index contributed by atoms with van der Waals surface area (Å²) in [4.78, 5) is 22.3. The summed E-state index contributed by atoms with van der Waals surface area (Å²) >= 11 is 0. The molecule has 0 aliphatic heterocycles. The van der Waals surface area contributed by atoms with Crippen LogP contribution in [0.25, 0.3) is 6.08 Å². The van der Waals surface area contributed by atoms with Gasteiger partial charge in [-0.15, -0.1) is 0 Å². The van der Waals surface area contributed by atoms with E-state index in [0.29, 0.717) is 5.56 Å². The smallest absolute Gasteiger partial charge is 0.416 e. The van der Waals surface area contributed by atoms with Crippen molar-refractivity contribution in [3.05, 3.63) is 53.1 Å². The predicted molar refractivity (Wildman–Crippen MR) is 77.4 cm³/mol. The van der Waals surface area contributed by atoms with Crippen LogP contribution in [0, 0.1) is 0 Å². The lowest BCUT2D eigenvalue weighted by molar-refractivity contribution is -0.140. The van der Waals surface area contributed by atoms with Crippen molar-refractivity contribution in [1.29, 1.82) is 0 Å². The molecule has 0 saturated carbocycles. The van der Waals surface area contributed by atoms with Crippen molar-refractivity contribution in [3.8, 4) is 0 Å².